The predicted octanol–water partition coefficient (Wildman–Crippen LogP) is 3.28. The number of ether oxygens (including phenoxy) is 1. The van der Waals surface area contributed by atoms with E-state index < -0.39 is 11.9 Å². The van der Waals surface area contributed by atoms with Gasteiger partial charge in [-0.25, -0.2) is 9.97 Å². The molecule has 0 aliphatic carbocycles. The molecule has 32 heavy (non-hydrogen) atoms. The van der Waals surface area contributed by atoms with Crippen LogP contribution in [0.3, 0.4) is 0 Å². The molecule has 0 unspecified atom stereocenters. The minimum absolute atomic E-state index is 0.0757. The molecular weight excluding hydrogens is 423 g/mol. The van der Waals surface area contributed by atoms with Crippen molar-refractivity contribution in [1.82, 2.24) is 25.1 Å². The van der Waals surface area contributed by atoms with E-state index in [9.17, 15) is 13.2 Å². The van der Waals surface area contributed by atoms with E-state index in [-0.39, 0.29) is 5.41 Å². The van der Waals surface area contributed by atoms with Crippen molar-refractivity contribution in [3.8, 4) is 0 Å². The zero-order chi connectivity index (χ0) is 22.2. The van der Waals surface area contributed by atoms with E-state index in [0.29, 0.717) is 11.3 Å². The summed E-state index contributed by atoms with van der Waals surface area (Å²) in [6.07, 6.45) is 3.70. The lowest BCUT2D eigenvalue weighted by Gasteiger charge is -2.49. The predicted molar refractivity (Wildman–Crippen MR) is 112 cm³/mol. The van der Waals surface area contributed by atoms with E-state index in [0.717, 1.165) is 63.2 Å². The number of nitrogens with zero attached hydrogens (tertiary/aromatic N) is 6. The van der Waals surface area contributed by atoms with Gasteiger partial charge >= 0.3 is 6.18 Å². The van der Waals surface area contributed by atoms with Gasteiger partial charge in [0.2, 0.25) is 0 Å². The van der Waals surface area contributed by atoms with Crippen LogP contribution in [0, 0.1) is 5.41 Å². The van der Waals surface area contributed by atoms with Crippen molar-refractivity contribution in [3.63, 3.8) is 0 Å². The van der Waals surface area contributed by atoms with Gasteiger partial charge < -0.3 is 14.5 Å². The second-order valence-electron chi connectivity index (χ2n) is 8.58. The Hall–Kier alpha value is -2.95. The lowest BCUT2D eigenvalue weighted by atomic mass is 9.79. The highest BCUT2D eigenvalue weighted by molar-refractivity contribution is 5.70. The Labute approximate surface area is 182 Å². The van der Waals surface area contributed by atoms with Gasteiger partial charge in [0.1, 0.15) is 17.0 Å². The molecule has 0 saturated carbocycles. The molecule has 0 bridgehead atoms. The zero-order valence-electron chi connectivity index (χ0n) is 17.5. The normalized spacial score (nSPS) is 19.8. The number of aromatic nitrogens is 5. The van der Waals surface area contributed by atoms with Crippen molar-refractivity contribution in [2.24, 2.45) is 5.41 Å². The molecule has 1 spiro atoms. The Bertz CT molecular complexity index is 1070. The van der Waals surface area contributed by atoms with Crippen LogP contribution in [-0.4, -0.2) is 64.5 Å². The number of H-pyrrole nitrogens is 1. The number of nitrogens with one attached hydrogen (secondary N) is 1. The molecule has 3 saturated heterocycles. The molecule has 3 aliphatic heterocycles. The number of hydrogen-bond acceptors (Lipinski definition) is 7. The highest BCUT2D eigenvalue weighted by Gasteiger charge is 2.48. The molecular formula is C21H24F3N7O. The van der Waals surface area contributed by atoms with Crippen molar-refractivity contribution in [3.05, 3.63) is 36.4 Å². The molecule has 11 heteroatoms. The van der Waals surface area contributed by atoms with Crippen molar-refractivity contribution in [2.45, 2.75) is 25.4 Å². The van der Waals surface area contributed by atoms with Crippen LogP contribution >= 0.6 is 0 Å². The summed E-state index contributed by atoms with van der Waals surface area (Å²) in [4.78, 5) is 16.5. The van der Waals surface area contributed by atoms with E-state index in [1.165, 1.54) is 19.0 Å². The Morgan fingerprint density at radius 3 is 2.53 bits per heavy atom. The summed E-state index contributed by atoms with van der Waals surface area (Å²) in [5, 5.41) is 6.75. The first kappa shape index (κ1) is 20.9. The third kappa shape index (κ3) is 4.21. The molecule has 170 valence electrons. The van der Waals surface area contributed by atoms with Gasteiger partial charge in [0.15, 0.2) is 5.65 Å². The van der Waals surface area contributed by atoms with Crippen molar-refractivity contribution in [1.29, 1.82) is 0 Å². The smallest absolute Gasteiger partial charge is 0.381 e. The summed E-state index contributed by atoms with van der Waals surface area (Å²) in [5.74, 6) is 0.797. The zero-order valence-corrected chi connectivity index (χ0v) is 17.5. The van der Waals surface area contributed by atoms with Crippen molar-refractivity contribution < 1.29 is 17.9 Å². The van der Waals surface area contributed by atoms with Crippen LogP contribution in [0.2, 0.25) is 0 Å². The first-order valence-electron chi connectivity index (χ1n) is 10.7. The minimum Gasteiger partial charge on any atom is -0.381 e. The van der Waals surface area contributed by atoms with E-state index in [2.05, 4.69) is 30.0 Å². The topological polar surface area (TPSA) is 83.1 Å². The van der Waals surface area contributed by atoms with Crippen molar-refractivity contribution >= 4 is 22.7 Å². The monoisotopic (exact) mass is 447 g/mol. The van der Waals surface area contributed by atoms with E-state index in [1.807, 2.05) is 4.90 Å². The van der Waals surface area contributed by atoms with Crippen LogP contribution in [-0.2, 0) is 10.9 Å². The maximum absolute atomic E-state index is 12.9. The first-order valence-corrected chi connectivity index (χ1v) is 10.7. The largest absolute Gasteiger partial charge is 0.433 e. The van der Waals surface area contributed by atoms with Crippen molar-refractivity contribution in [2.75, 3.05) is 49.2 Å². The molecule has 0 radical (unpaired) electrons. The van der Waals surface area contributed by atoms with Gasteiger partial charge in [0.25, 0.3) is 0 Å². The van der Waals surface area contributed by atoms with Gasteiger partial charge in [-0.1, -0.05) is 0 Å². The molecule has 8 nitrogen and oxygen atoms in total. The number of pyridine rings is 1. The molecule has 0 amide bonds. The SMILES string of the molecule is C1CCOC1.FC(F)(F)c1cc(N2CC3(CCN(c4cnc5cn[nH]c5n4)C3)C2)ccn1. The van der Waals surface area contributed by atoms with E-state index in [4.69, 9.17) is 4.74 Å². The number of aromatic amines is 1. The number of halogens is 3. The molecule has 6 heterocycles. The number of rotatable bonds is 2. The van der Waals surface area contributed by atoms with Crippen LogP contribution < -0.4 is 9.80 Å². The summed E-state index contributed by atoms with van der Waals surface area (Å²) in [5.41, 5.74) is 1.17. The number of fused-ring (bicyclic) bond motifs is 1. The summed E-state index contributed by atoms with van der Waals surface area (Å²) in [6, 6.07) is 2.75. The molecule has 3 fully saturated rings. The fourth-order valence-electron chi connectivity index (χ4n) is 4.49. The highest BCUT2D eigenvalue weighted by Crippen LogP contribution is 2.43. The van der Waals surface area contributed by atoms with Crippen LogP contribution in [0.4, 0.5) is 24.7 Å². The molecule has 3 aromatic rings. The van der Waals surface area contributed by atoms with Crippen LogP contribution in [0.5, 0.6) is 0 Å². The number of anilines is 2. The van der Waals surface area contributed by atoms with Gasteiger partial charge in [-0.15, -0.1) is 0 Å². The number of alkyl halides is 3. The maximum atomic E-state index is 12.9. The van der Waals surface area contributed by atoms with Crippen LogP contribution in [0.1, 0.15) is 25.0 Å². The second-order valence-corrected chi connectivity index (χ2v) is 8.58. The standard InChI is InChI=1S/C17H16F3N7.C4H8O/c18-17(19,20)13-5-11(1-3-21-13)27-9-16(10-27)2-4-26(8-16)14-7-22-12-6-23-25-15(12)24-14;1-2-4-5-3-1/h1,3,5-7H,2,4,8-10H2,(H,23,24,25);1-4H2. The molecule has 3 aromatic heterocycles. The van der Waals surface area contributed by atoms with Gasteiger partial charge in [-0.05, 0) is 31.4 Å². The van der Waals surface area contributed by atoms with Gasteiger partial charge in [0, 0.05) is 56.7 Å². The average molecular weight is 447 g/mol. The Morgan fingerprint density at radius 2 is 1.81 bits per heavy atom. The highest BCUT2D eigenvalue weighted by atomic mass is 19.4. The van der Waals surface area contributed by atoms with Gasteiger partial charge in [-0.3, -0.25) is 10.1 Å². The third-order valence-electron chi connectivity index (χ3n) is 6.19. The molecule has 3 aliphatic rings. The quantitative estimate of drug-likeness (QED) is 0.646. The molecule has 0 atom stereocenters. The Balaban J connectivity index is 0.000000383. The van der Waals surface area contributed by atoms with Gasteiger partial charge in [-0.2, -0.15) is 18.3 Å². The lowest BCUT2D eigenvalue weighted by Crippen LogP contribution is -2.57. The number of hydrogen-bond donors (Lipinski definition) is 1. The van der Waals surface area contributed by atoms with E-state index >= 15 is 0 Å². The average Bonchev–Trinajstić information content (AvgIpc) is 3.54. The molecule has 1 N–H and O–H groups in total. The summed E-state index contributed by atoms with van der Waals surface area (Å²) in [7, 11) is 0. The first-order chi connectivity index (χ1) is 15.4. The minimum atomic E-state index is -4.42. The Kier molecular flexibility index (Phi) is 5.36. The summed E-state index contributed by atoms with van der Waals surface area (Å²) in [6.45, 7) is 5.12. The Morgan fingerprint density at radius 1 is 1.03 bits per heavy atom. The summed E-state index contributed by atoms with van der Waals surface area (Å²) >= 11 is 0. The van der Waals surface area contributed by atoms with Crippen LogP contribution in [0.15, 0.2) is 30.7 Å². The second kappa shape index (κ2) is 8.19. The van der Waals surface area contributed by atoms with E-state index in [1.54, 1.807) is 18.5 Å². The van der Waals surface area contributed by atoms with Gasteiger partial charge in [0.05, 0.1) is 12.4 Å². The fraction of sp³-hybridized carbons (Fsp3) is 0.524. The summed E-state index contributed by atoms with van der Waals surface area (Å²) < 4.78 is 43.5. The maximum Gasteiger partial charge on any atom is 0.433 e. The third-order valence-corrected chi connectivity index (χ3v) is 6.19. The lowest BCUT2D eigenvalue weighted by molar-refractivity contribution is -0.141. The fourth-order valence-corrected chi connectivity index (χ4v) is 4.49. The molecule has 6 rings (SSSR count). The molecule has 0 aromatic carbocycles. The van der Waals surface area contributed by atoms with Crippen LogP contribution in [0.25, 0.3) is 11.2 Å².